The van der Waals surface area contributed by atoms with E-state index in [0.29, 0.717) is 16.1 Å². The van der Waals surface area contributed by atoms with Crippen molar-refractivity contribution in [3.05, 3.63) is 64.1 Å². The smallest absolute Gasteiger partial charge is 0.257 e. The van der Waals surface area contributed by atoms with Crippen LogP contribution in [0.5, 0.6) is 0 Å². The monoisotopic (exact) mass is 330 g/mol. The van der Waals surface area contributed by atoms with Crippen molar-refractivity contribution in [3.63, 3.8) is 0 Å². The van der Waals surface area contributed by atoms with Gasteiger partial charge < -0.3 is 9.88 Å². The van der Waals surface area contributed by atoms with E-state index < -0.39 is 5.82 Å². The van der Waals surface area contributed by atoms with Gasteiger partial charge in [0.2, 0.25) is 0 Å². The fourth-order valence-corrected chi connectivity index (χ4v) is 2.87. The number of hydrogen-bond donors (Lipinski definition) is 1. The Balaban J connectivity index is 2.00. The van der Waals surface area contributed by atoms with Crippen molar-refractivity contribution in [2.45, 2.75) is 13.8 Å². The van der Waals surface area contributed by atoms with E-state index in [2.05, 4.69) is 5.32 Å². The molecule has 0 bridgehead atoms. The second-order valence-electron chi connectivity index (χ2n) is 5.71. The van der Waals surface area contributed by atoms with Crippen LogP contribution in [-0.4, -0.2) is 10.5 Å². The average Bonchev–Trinajstić information content (AvgIpc) is 2.81. The molecule has 1 heterocycles. The summed E-state index contributed by atoms with van der Waals surface area (Å²) in [5.74, 6) is -0.720. The Hall–Kier alpha value is -2.33. The van der Waals surface area contributed by atoms with E-state index in [0.717, 1.165) is 16.5 Å². The molecule has 1 aromatic heterocycles. The Morgan fingerprint density at radius 1 is 1.22 bits per heavy atom. The summed E-state index contributed by atoms with van der Waals surface area (Å²) in [5, 5.41) is 3.85. The average molecular weight is 331 g/mol. The highest BCUT2D eigenvalue weighted by molar-refractivity contribution is 6.34. The molecule has 3 rings (SSSR count). The second-order valence-corrected chi connectivity index (χ2v) is 6.12. The van der Waals surface area contributed by atoms with E-state index in [1.54, 1.807) is 13.1 Å². The van der Waals surface area contributed by atoms with Gasteiger partial charge in [0, 0.05) is 24.1 Å². The third kappa shape index (κ3) is 2.82. The van der Waals surface area contributed by atoms with Crippen molar-refractivity contribution in [2.24, 2.45) is 7.05 Å². The zero-order valence-electron chi connectivity index (χ0n) is 13.1. The lowest BCUT2D eigenvalue weighted by molar-refractivity contribution is 0.102. The predicted molar refractivity (Wildman–Crippen MR) is 91.8 cm³/mol. The van der Waals surface area contributed by atoms with Gasteiger partial charge in [-0.3, -0.25) is 4.79 Å². The summed E-state index contributed by atoms with van der Waals surface area (Å²) in [6, 6.07) is 8.63. The highest BCUT2D eigenvalue weighted by Gasteiger charge is 2.16. The Morgan fingerprint density at radius 2 is 1.96 bits per heavy atom. The van der Waals surface area contributed by atoms with Gasteiger partial charge in [-0.25, -0.2) is 4.39 Å². The molecule has 0 atom stereocenters. The molecule has 0 spiro atoms. The first-order valence-corrected chi connectivity index (χ1v) is 7.57. The Bertz CT molecular complexity index is 930. The molecule has 0 aliphatic rings. The SMILES string of the molecule is Cc1ccc2c(C(=O)Nc3cc(F)c(C)cc3Cl)cn(C)c2c1. The van der Waals surface area contributed by atoms with Crippen LogP contribution in [0.1, 0.15) is 21.5 Å². The highest BCUT2D eigenvalue weighted by Crippen LogP contribution is 2.27. The molecule has 0 saturated heterocycles. The van der Waals surface area contributed by atoms with Crippen LogP contribution in [-0.2, 0) is 7.05 Å². The third-order valence-electron chi connectivity index (χ3n) is 3.89. The topological polar surface area (TPSA) is 34.0 Å². The van der Waals surface area contributed by atoms with Crippen LogP contribution in [0.15, 0.2) is 36.5 Å². The molecule has 0 saturated carbocycles. The fraction of sp³-hybridized carbons (Fsp3) is 0.167. The maximum Gasteiger partial charge on any atom is 0.257 e. The lowest BCUT2D eigenvalue weighted by Crippen LogP contribution is -2.12. The van der Waals surface area contributed by atoms with Crippen molar-refractivity contribution in [3.8, 4) is 0 Å². The van der Waals surface area contributed by atoms with Gasteiger partial charge in [0.15, 0.2) is 0 Å². The Morgan fingerprint density at radius 3 is 2.70 bits per heavy atom. The third-order valence-corrected chi connectivity index (χ3v) is 4.20. The molecule has 1 amide bonds. The molecule has 23 heavy (non-hydrogen) atoms. The number of hydrogen-bond acceptors (Lipinski definition) is 1. The standard InChI is InChI=1S/C18H16ClFN2O/c1-10-4-5-12-13(9-22(3)17(12)6-10)18(23)21-16-8-15(20)11(2)7-14(16)19/h4-9H,1-3H3,(H,21,23). The number of halogens is 2. The van der Waals surface area contributed by atoms with Gasteiger partial charge in [-0.2, -0.15) is 0 Å². The van der Waals surface area contributed by atoms with Crippen molar-refractivity contribution in [1.29, 1.82) is 0 Å². The number of aromatic nitrogens is 1. The molecule has 118 valence electrons. The van der Waals surface area contributed by atoms with Crippen molar-refractivity contribution in [1.82, 2.24) is 4.57 Å². The first-order chi connectivity index (χ1) is 10.9. The molecule has 0 aliphatic heterocycles. The summed E-state index contributed by atoms with van der Waals surface area (Å²) in [6.45, 7) is 3.63. The van der Waals surface area contributed by atoms with Crippen molar-refractivity contribution < 1.29 is 9.18 Å². The summed E-state index contributed by atoms with van der Waals surface area (Å²) < 4.78 is 15.6. The van der Waals surface area contributed by atoms with E-state index in [-0.39, 0.29) is 11.6 Å². The van der Waals surface area contributed by atoms with Crippen LogP contribution < -0.4 is 5.32 Å². The van der Waals surface area contributed by atoms with Crippen LogP contribution in [0.25, 0.3) is 10.9 Å². The number of amides is 1. The Labute approximate surface area is 138 Å². The molecular formula is C18H16ClFN2O. The van der Waals surface area contributed by atoms with Gasteiger partial charge in [-0.15, -0.1) is 0 Å². The normalized spacial score (nSPS) is 11.0. The highest BCUT2D eigenvalue weighted by atomic mass is 35.5. The van der Waals surface area contributed by atoms with Crippen LogP contribution in [0.2, 0.25) is 5.02 Å². The van der Waals surface area contributed by atoms with Gasteiger partial charge in [-0.1, -0.05) is 23.7 Å². The van der Waals surface area contributed by atoms with Crippen LogP contribution >= 0.6 is 11.6 Å². The van der Waals surface area contributed by atoms with Gasteiger partial charge in [-0.05, 0) is 43.2 Å². The molecule has 3 aromatic rings. The van der Waals surface area contributed by atoms with E-state index >= 15 is 0 Å². The second kappa shape index (κ2) is 5.70. The number of benzene rings is 2. The maximum absolute atomic E-state index is 13.7. The minimum absolute atomic E-state index is 0.267. The molecule has 2 aromatic carbocycles. The predicted octanol–water partition coefficient (Wildman–Crippen LogP) is 4.84. The molecule has 0 unspecified atom stereocenters. The minimum atomic E-state index is -0.404. The molecule has 0 fully saturated rings. The lowest BCUT2D eigenvalue weighted by Gasteiger charge is -2.08. The van der Waals surface area contributed by atoms with E-state index in [9.17, 15) is 9.18 Å². The molecule has 0 radical (unpaired) electrons. The van der Waals surface area contributed by atoms with Crippen molar-refractivity contribution in [2.75, 3.05) is 5.32 Å². The van der Waals surface area contributed by atoms with Crippen LogP contribution in [0, 0.1) is 19.7 Å². The molecule has 1 N–H and O–H groups in total. The molecule has 0 aliphatic carbocycles. The minimum Gasteiger partial charge on any atom is -0.350 e. The van der Waals surface area contributed by atoms with E-state index in [1.807, 2.05) is 36.7 Å². The van der Waals surface area contributed by atoms with E-state index in [4.69, 9.17) is 11.6 Å². The van der Waals surface area contributed by atoms with E-state index in [1.165, 1.54) is 12.1 Å². The number of nitrogens with zero attached hydrogens (tertiary/aromatic N) is 1. The quantitative estimate of drug-likeness (QED) is 0.716. The Kier molecular flexibility index (Phi) is 3.86. The fourth-order valence-electron chi connectivity index (χ4n) is 2.61. The van der Waals surface area contributed by atoms with Gasteiger partial charge in [0.25, 0.3) is 5.91 Å². The van der Waals surface area contributed by atoms with Gasteiger partial charge in [0.05, 0.1) is 16.3 Å². The molecule has 3 nitrogen and oxygen atoms in total. The largest absolute Gasteiger partial charge is 0.350 e. The number of fused-ring (bicyclic) bond motifs is 1. The number of rotatable bonds is 2. The lowest BCUT2D eigenvalue weighted by atomic mass is 10.1. The number of carbonyl (C=O) groups excluding carboxylic acids is 1. The van der Waals surface area contributed by atoms with Crippen LogP contribution in [0.3, 0.4) is 0 Å². The summed E-state index contributed by atoms with van der Waals surface area (Å²) >= 11 is 6.09. The van der Waals surface area contributed by atoms with Crippen LogP contribution in [0.4, 0.5) is 10.1 Å². The van der Waals surface area contributed by atoms with Gasteiger partial charge in [0.1, 0.15) is 5.82 Å². The molecular weight excluding hydrogens is 315 g/mol. The molecule has 5 heteroatoms. The number of nitrogens with one attached hydrogen (secondary N) is 1. The summed E-state index contributed by atoms with van der Waals surface area (Å²) in [5.41, 5.74) is 3.32. The number of carbonyl (C=O) groups is 1. The summed E-state index contributed by atoms with van der Waals surface area (Å²) in [6.07, 6.45) is 1.76. The zero-order valence-corrected chi connectivity index (χ0v) is 13.8. The first kappa shape index (κ1) is 15.6. The first-order valence-electron chi connectivity index (χ1n) is 7.19. The number of anilines is 1. The summed E-state index contributed by atoms with van der Waals surface area (Å²) in [4.78, 5) is 12.6. The maximum atomic E-state index is 13.7. The van der Waals surface area contributed by atoms with Crippen molar-refractivity contribution >= 4 is 34.1 Å². The number of aryl methyl sites for hydroxylation is 3. The summed E-state index contributed by atoms with van der Waals surface area (Å²) in [7, 11) is 1.89. The van der Waals surface area contributed by atoms with Gasteiger partial charge >= 0.3 is 0 Å². The zero-order chi connectivity index (χ0) is 16.7.